The minimum Gasteiger partial charge on any atom is -0.481 e. The number of rotatable bonds is 21. The third-order valence-corrected chi connectivity index (χ3v) is 9.88. The van der Waals surface area contributed by atoms with Crippen LogP contribution in [-0.2, 0) is 36.8 Å². The van der Waals surface area contributed by atoms with Crippen LogP contribution in [0.5, 0.6) is 0 Å². The van der Waals surface area contributed by atoms with Crippen LogP contribution in [0, 0.1) is 17.8 Å². The zero-order chi connectivity index (χ0) is 39.0. The van der Waals surface area contributed by atoms with Crippen molar-refractivity contribution in [2.24, 2.45) is 23.5 Å². The second kappa shape index (κ2) is 21.4. The number of carboxylic acids is 1. The summed E-state index contributed by atoms with van der Waals surface area (Å²) in [5.74, 6) is -3.47. The molecule has 0 aliphatic heterocycles. The average Bonchev–Trinajstić information content (AvgIpc) is 3.11. The molecule has 3 rings (SSSR count). The van der Waals surface area contributed by atoms with Crippen molar-refractivity contribution < 1.29 is 34.2 Å². The van der Waals surface area contributed by atoms with Crippen LogP contribution in [0.4, 0.5) is 0 Å². The molecule has 0 heterocycles. The van der Waals surface area contributed by atoms with Crippen LogP contribution in [0.2, 0.25) is 0 Å². The summed E-state index contributed by atoms with van der Waals surface area (Å²) in [5, 5.41) is 32.6. The van der Waals surface area contributed by atoms with Gasteiger partial charge in [0.1, 0.15) is 12.1 Å². The van der Waals surface area contributed by atoms with Crippen molar-refractivity contribution in [1.82, 2.24) is 21.3 Å². The molecule has 12 nitrogen and oxygen atoms in total. The van der Waals surface area contributed by atoms with E-state index in [1.807, 2.05) is 50.2 Å². The Balaban J connectivity index is 1.85. The molecule has 8 N–H and O–H groups in total. The van der Waals surface area contributed by atoms with Gasteiger partial charge in [-0.1, -0.05) is 108 Å². The van der Waals surface area contributed by atoms with Crippen molar-refractivity contribution in [2.75, 3.05) is 6.54 Å². The van der Waals surface area contributed by atoms with Gasteiger partial charge < -0.3 is 37.2 Å². The first-order chi connectivity index (χ1) is 25.2. The van der Waals surface area contributed by atoms with Crippen LogP contribution in [0.15, 0.2) is 60.7 Å². The lowest BCUT2D eigenvalue weighted by atomic mass is 9.81. The maximum absolute atomic E-state index is 13.9. The molecule has 1 aliphatic rings. The molecule has 2 aromatic carbocycles. The fourth-order valence-corrected chi connectivity index (χ4v) is 6.83. The Morgan fingerprint density at radius 2 is 1.28 bits per heavy atom. The quantitative estimate of drug-likeness (QED) is 0.101. The number of benzene rings is 2. The standard InChI is InChI=1S/C41H61N5O7/c1-27(2)18-21-43-37(50)31(22-28(3)4)25-35(47)32(23-29-14-8-5-9-15-29)44-39(52)34(26-36(48)49)45-38(51)33(24-30-16-10-6-11-17-30)46-40(53)41(42)19-12-7-13-20-41/h5-6,8-11,14-17,27-28,31-35,47H,7,12-13,18-26,42H2,1-4H3,(H,43,50)(H,44,52)(H,45,51)(H,46,53)(H,48,49)/t31-,32+,33+,34+,35?/m1/s1. The van der Waals surface area contributed by atoms with E-state index in [-0.39, 0.29) is 31.1 Å². The first kappa shape index (κ1) is 43.1. The molecule has 0 spiro atoms. The third-order valence-electron chi connectivity index (χ3n) is 9.88. The second-order valence-corrected chi connectivity index (χ2v) is 15.5. The van der Waals surface area contributed by atoms with Gasteiger partial charge in [0.05, 0.1) is 24.1 Å². The number of aliphatic carboxylic acids is 1. The summed E-state index contributed by atoms with van der Waals surface area (Å²) in [4.78, 5) is 66.6. The Morgan fingerprint density at radius 1 is 0.717 bits per heavy atom. The van der Waals surface area contributed by atoms with Crippen LogP contribution in [0.3, 0.4) is 0 Å². The smallest absolute Gasteiger partial charge is 0.305 e. The highest BCUT2D eigenvalue weighted by Crippen LogP contribution is 2.26. The number of carbonyl (C=O) groups excluding carboxylic acids is 4. The molecular weight excluding hydrogens is 674 g/mol. The molecular formula is C41H61N5O7. The molecule has 292 valence electrons. The van der Waals surface area contributed by atoms with Gasteiger partial charge in [-0.25, -0.2) is 0 Å². The van der Waals surface area contributed by atoms with Crippen molar-refractivity contribution in [3.05, 3.63) is 71.8 Å². The molecule has 5 atom stereocenters. The van der Waals surface area contributed by atoms with Crippen LogP contribution in [0.1, 0.15) is 96.6 Å². The first-order valence-corrected chi connectivity index (χ1v) is 19.1. The summed E-state index contributed by atoms with van der Waals surface area (Å²) in [6.45, 7) is 8.66. The number of carbonyl (C=O) groups is 5. The van der Waals surface area contributed by atoms with E-state index in [1.165, 1.54) is 0 Å². The van der Waals surface area contributed by atoms with E-state index in [9.17, 15) is 34.2 Å². The average molecular weight is 736 g/mol. The van der Waals surface area contributed by atoms with E-state index < -0.39 is 65.8 Å². The molecule has 2 aromatic rings. The first-order valence-electron chi connectivity index (χ1n) is 19.1. The lowest BCUT2D eigenvalue weighted by molar-refractivity contribution is -0.141. The van der Waals surface area contributed by atoms with Crippen molar-refractivity contribution >= 4 is 29.6 Å². The van der Waals surface area contributed by atoms with E-state index in [0.29, 0.717) is 31.7 Å². The minimum atomic E-state index is -1.53. The summed E-state index contributed by atoms with van der Waals surface area (Å²) in [5.41, 5.74) is 6.91. The molecule has 1 aliphatic carbocycles. The molecule has 12 heteroatoms. The van der Waals surface area contributed by atoms with E-state index in [0.717, 1.165) is 36.8 Å². The highest BCUT2D eigenvalue weighted by Gasteiger charge is 2.38. The molecule has 1 fully saturated rings. The van der Waals surface area contributed by atoms with E-state index in [1.54, 1.807) is 24.3 Å². The Morgan fingerprint density at radius 3 is 1.83 bits per heavy atom. The fraction of sp³-hybridized carbons (Fsp3) is 0.585. The highest BCUT2D eigenvalue weighted by molar-refractivity contribution is 5.95. The zero-order valence-electron chi connectivity index (χ0n) is 31.8. The number of aliphatic hydroxyl groups excluding tert-OH is 1. The number of hydrogen-bond acceptors (Lipinski definition) is 7. The Hall–Kier alpha value is -4.29. The van der Waals surface area contributed by atoms with Gasteiger partial charge in [0.2, 0.25) is 23.6 Å². The SMILES string of the molecule is CC(C)CCNC(=O)[C@H](CC(C)C)CC(O)[C@H](Cc1ccccc1)NC(=O)[C@H](CC(=O)O)NC(=O)[C@H](Cc1ccccc1)NC(=O)C1(N)CCCCC1. The maximum atomic E-state index is 13.9. The fourth-order valence-electron chi connectivity index (χ4n) is 6.83. The van der Waals surface area contributed by atoms with Crippen molar-refractivity contribution in [3.63, 3.8) is 0 Å². The van der Waals surface area contributed by atoms with Gasteiger partial charge in [-0.2, -0.15) is 0 Å². The molecule has 0 bridgehead atoms. The van der Waals surface area contributed by atoms with E-state index in [4.69, 9.17) is 5.73 Å². The Labute approximate surface area is 314 Å². The lowest BCUT2D eigenvalue weighted by Crippen LogP contribution is -2.61. The maximum Gasteiger partial charge on any atom is 0.305 e. The number of carboxylic acid groups (broad SMARTS) is 1. The van der Waals surface area contributed by atoms with Gasteiger partial charge in [0.25, 0.3) is 0 Å². The van der Waals surface area contributed by atoms with Gasteiger partial charge in [-0.3, -0.25) is 24.0 Å². The molecule has 1 unspecified atom stereocenters. The molecule has 53 heavy (non-hydrogen) atoms. The monoisotopic (exact) mass is 735 g/mol. The topological polar surface area (TPSA) is 200 Å². The molecule has 0 aromatic heterocycles. The largest absolute Gasteiger partial charge is 0.481 e. The zero-order valence-corrected chi connectivity index (χ0v) is 31.8. The highest BCUT2D eigenvalue weighted by atomic mass is 16.4. The number of hydrogen-bond donors (Lipinski definition) is 7. The second-order valence-electron chi connectivity index (χ2n) is 15.5. The van der Waals surface area contributed by atoms with Crippen molar-refractivity contribution in [1.29, 1.82) is 0 Å². The number of amides is 4. The summed E-state index contributed by atoms with van der Waals surface area (Å²) in [6.07, 6.45) is 3.25. The van der Waals surface area contributed by atoms with Crippen LogP contribution in [-0.4, -0.2) is 76.1 Å². The van der Waals surface area contributed by atoms with E-state index >= 15 is 0 Å². The lowest BCUT2D eigenvalue weighted by Gasteiger charge is -2.33. The van der Waals surface area contributed by atoms with Crippen molar-refractivity contribution in [3.8, 4) is 0 Å². The Bertz CT molecular complexity index is 1460. The number of nitrogens with one attached hydrogen (secondary N) is 4. The Kier molecular flexibility index (Phi) is 17.4. The minimum absolute atomic E-state index is 0.0610. The summed E-state index contributed by atoms with van der Waals surface area (Å²) in [7, 11) is 0. The third kappa shape index (κ3) is 14.9. The van der Waals surface area contributed by atoms with Crippen LogP contribution >= 0.6 is 0 Å². The summed E-state index contributed by atoms with van der Waals surface area (Å²) in [6, 6.07) is 14.6. The number of nitrogens with two attached hydrogens (primary N) is 1. The summed E-state index contributed by atoms with van der Waals surface area (Å²) >= 11 is 0. The van der Waals surface area contributed by atoms with Crippen molar-refractivity contribution in [2.45, 2.75) is 128 Å². The summed E-state index contributed by atoms with van der Waals surface area (Å²) < 4.78 is 0. The normalized spacial score (nSPS) is 16.8. The van der Waals surface area contributed by atoms with E-state index in [2.05, 4.69) is 35.1 Å². The molecule has 1 saturated carbocycles. The molecule has 4 amide bonds. The predicted molar refractivity (Wildman–Crippen MR) is 204 cm³/mol. The van der Waals surface area contributed by atoms with Crippen LogP contribution in [0.25, 0.3) is 0 Å². The van der Waals surface area contributed by atoms with Gasteiger partial charge >= 0.3 is 5.97 Å². The molecule has 0 radical (unpaired) electrons. The molecule has 0 saturated heterocycles. The van der Waals surface area contributed by atoms with Crippen LogP contribution < -0.4 is 27.0 Å². The van der Waals surface area contributed by atoms with Gasteiger partial charge in [-0.15, -0.1) is 0 Å². The predicted octanol–water partition coefficient (Wildman–Crippen LogP) is 3.64. The van der Waals surface area contributed by atoms with Gasteiger partial charge in [0.15, 0.2) is 0 Å². The van der Waals surface area contributed by atoms with Gasteiger partial charge in [-0.05, 0) is 61.5 Å². The van der Waals surface area contributed by atoms with Gasteiger partial charge in [0, 0.05) is 18.9 Å². The number of aliphatic hydroxyl groups is 1.